The summed E-state index contributed by atoms with van der Waals surface area (Å²) in [5.74, 6) is 0. The molecule has 1 heterocycles. The van der Waals surface area contributed by atoms with E-state index >= 15 is 0 Å². The van der Waals surface area contributed by atoms with E-state index in [1.807, 2.05) is 0 Å². The molecular formula is C44H28N2. The van der Waals surface area contributed by atoms with Gasteiger partial charge in [0.1, 0.15) is 0 Å². The number of nitrogens with zero attached hydrogens (tertiary/aromatic N) is 2. The van der Waals surface area contributed by atoms with E-state index in [1.54, 1.807) is 0 Å². The van der Waals surface area contributed by atoms with Crippen LogP contribution in [0.4, 0.5) is 17.1 Å². The Bertz CT molecular complexity index is 2630. The van der Waals surface area contributed by atoms with Crippen LogP contribution in [0, 0.1) is 0 Å². The highest BCUT2D eigenvalue weighted by Gasteiger charge is 2.25. The fourth-order valence-corrected chi connectivity index (χ4v) is 7.72. The molecule has 0 saturated carbocycles. The molecule has 0 amide bonds. The van der Waals surface area contributed by atoms with E-state index in [0.29, 0.717) is 0 Å². The van der Waals surface area contributed by atoms with Crippen LogP contribution in [-0.4, -0.2) is 4.57 Å². The van der Waals surface area contributed by atoms with Crippen LogP contribution in [0.2, 0.25) is 0 Å². The van der Waals surface area contributed by atoms with Crippen molar-refractivity contribution in [2.75, 3.05) is 4.90 Å². The SMILES string of the molecule is c1ccc(N(c2ccc3c(c2)-c2cccc4cc5ccccc5c-3c24)c2ccc3c4ccccc4n(-c4ccccc4)c3c2)cc1. The zero-order chi connectivity index (χ0) is 30.2. The van der Waals surface area contributed by atoms with Crippen LogP contribution in [0.25, 0.3) is 71.3 Å². The lowest BCUT2D eigenvalue weighted by atomic mass is 9.96. The van der Waals surface area contributed by atoms with Crippen LogP contribution in [0.3, 0.4) is 0 Å². The summed E-state index contributed by atoms with van der Waals surface area (Å²) in [5, 5.41) is 7.76. The maximum Gasteiger partial charge on any atom is 0.0561 e. The van der Waals surface area contributed by atoms with E-state index in [4.69, 9.17) is 0 Å². The lowest BCUT2D eigenvalue weighted by Gasteiger charge is -2.26. The Hall–Kier alpha value is -6.12. The molecule has 1 aromatic heterocycles. The van der Waals surface area contributed by atoms with Gasteiger partial charge < -0.3 is 9.47 Å². The first-order valence-electron chi connectivity index (χ1n) is 15.9. The van der Waals surface area contributed by atoms with Gasteiger partial charge in [-0.2, -0.15) is 0 Å². The van der Waals surface area contributed by atoms with Crippen LogP contribution in [0.1, 0.15) is 0 Å². The summed E-state index contributed by atoms with van der Waals surface area (Å²) in [6.45, 7) is 0. The minimum absolute atomic E-state index is 1.12. The standard InChI is InChI=1S/C44H28N2/c1-3-14-31(15-4-1)45(34-22-24-37-36-19-9-10-21-41(36)46(42(37)28-34)32-16-5-2-6-17-32)33-23-25-39-40(27-33)38-20-11-13-30-26-29-12-7-8-18-35(29)44(39)43(30)38/h1-28H. The molecule has 0 bridgehead atoms. The van der Waals surface area contributed by atoms with Gasteiger partial charge in [-0.05, 0) is 104 Å². The highest BCUT2D eigenvalue weighted by molar-refractivity contribution is 6.24. The number of para-hydroxylation sites is 3. The van der Waals surface area contributed by atoms with E-state index in [1.165, 1.54) is 65.6 Å². The van der Waals surface area contributed by atoms with Gasteiger partial charge in [0.15, 0.2) is 0 Å². The monoisotopic (exact) mass is 584 g/mol. The van der Waals surface area contributed by atoms with Crippen molar-refractivity contribution < 1.29 is 0 Å². The first-order chi connectivity index (χ1) is 22.8. The molecule has 0 atom stereocenters. The number of anilines is 3. The summed E-state index contributed by atoms with van der Waals surface area (Å²) in [4.78, 5) is 2.40. The number of aromatic nitrogens is 1. The normalized spacial score (nSPS) is 11.9. The van der Waals surface area contributed by atoms with Gasteiger partial charge in [-0.15, -0.1) is 0 Å². The zero-order valence-electron chi connectivity index (χ0n) is 25.1. The van der Waals surface area contributed by atoms with Gasteiger partial charge in [-0.1, -0.05) is 109 Å². The van der Waals surface area contributed by atoms with Gasteiger partial charge in [-0.25, -0.2) is 0 Å². The van der Waals surface area contributed by atoms with Crippen LogP contribution < -0.4 is 4.90 Å². The maximum atomic E-state index is 2.40. The second-order valence-corrected chi connectivity index (χ2v) is 12.2. The van der Waals surface area contributed by atoms with Crippen molar-refractivity contribution in [3.63, 3.8) is 0 Å². The molecule has 0 spiro atoms. The van der Waals surface area contributed by atoms with E-state index in [-0.39, 0.29) is 0 Å². The molecule has 0 N–H and O–H groups in total. The smallest absolute Gasteiger partial charge is 0.0561 e. The lowest BCUT2D eigenvalue weighted by molar-refractivity contribution is 1.18. The van der Waals surface area contributed by atoms with Crippen LogP contribution in [0.15, 0.2) is 170 Å². The topological polar surface area (TPSA) is 8.17 Å². The lowest BCUT2D eigenvalue weighted by Crippen LogP contribution is -2.10. The summed E-state index contributed by atoms with van der Waals surface area (Å²) in [7, 11) is 0. The van der Waals surface area contributed by atoms with Crippen molar-refractivity contribution >= 4 is 60.4 Å². The maximum absolute atomic E-state index is 2.40. The molecule has 0 radical (unpaired) electrons. The predicted molar refractivity (Wildman–Crippen MR) is 195 cm³/mol. The molecule has 0 saturated heterocycles. The number of rotatable bonds is 4. The Morgan fingerprint density at radius 2 is 1.04 bits per heavy atom. The summed E-state index contributed by atoms with van der Waals surface area (Å²) in [5.41, 5.74) is 12.2. The molecule has 10 rings (SSSR count). The predicted octanol–water partition coefficient (Wildman–Crippen LogP) is 12.2. The molecule has 0 unspecified atom stereocenters. The summed E-state index contributed by atoms with van der Waals surface area (Å²) in [6.07, 6.45) is 0. The fourth-order valence-electron chi connectivity index (χ4n) is 7.72. The second kappa shape index (κ2) is 9.69. The van der Waals surface area contributed by atoms with Gasteiger partial charge in [0.05, 0.1) is 11.0 Å². The Labute approximate surface area is 267 Å². The van der Waals surface area contributed by atoms with E-state index in [9.17, 15) is 0 Å². The van der Waals surface area contributed by atoms with Gasteiger partial charge in [-0.3, -0.25) is 0 Å². The van der Waals surface area contributed by atoms with E-state index in [2.05, 4.69) is 179 Å². The number of fused-ring (bicyclic) bond motifs is 8. The summed E-state index contributed by atoms with van der Waals surface area (Å²) < 4.78 is 2.39. The molecule has 214 valence electrons. The van der Waals surface area contributed by atoms with E-state index < -0.39 is 0 Å². The first kappa shape index (κ1) is 25.2. The number of benzene rings is 8. The van der Waals surface area contributed by atoms with Crippen molar-refractivity contribution in [1.82, 2.24) is 4.57 Å². The molecule has 9 aromatic rings. The third-order valence-electron chi connectivity index (χ3n) is 9.65. The average Bonchev–Trinajstić information content (AvgIpc) is 3.63. The molecule has 2 nitrogen and oxygen atoms in total. The van der Waals surface area contributed by atoms with Gasteiger partial charge in [0.2, 0.25) is 0 Å². The van der Waals surface area contributed by atoms with Crippen LogP contribution in [-0.2, 0) is 0 Å². The van der Waals surface area contributed by atoms with Gasteiger partial charge >= 0.3 is 0 Å². The summed E-state index contributed by atoms with van der Waals surface area (Å²) >= 11 is 0. The van der Waals surface area contributed by atoms with Crippen LogP contribution >= 0.6 is 0 Å². The zero-order valence-corrected chi connectivity index (χ0v) is 25.1. The average molecular weight is 585 g/mol. The van der Waals surface area contributed by atoms with Crippen molar-refractivity contribution in [1.29, 1.82) is 0 Å². The van der Waals surface area contributed by atoms with Crippen LogP contribution in [0.5, 0.6) is 0 Å². The Morgan fingerprint density at radius 1 is 0.370 bits per heavy atom. The van der Waals surface area contributed by atoms with E-state index in [0.717, 1.165) is 22.7 Å². The molecule has 0 aliphatic heterocycles. The largest absolute Gasteiger partial charge is 0.310 e. The minimum atomic E-state index is 1.12. The molecule has 46 heavy (non-hydrogen) atoms. The van der Waals surface area contributed by atoms with Crippen molar-refractivity contribution in [2.45, 2.75) is 0 Å². The highest BCUT2D eigenvalue weighted by atomic mass is 15.1. The fraction of sp³-hybridized carbons (Fsp3) is 0. The molecule has 1 aliphatic carbocycles. The third kappa shape index (κ3) is 3.59. The van der Waals surface area contributed by atoms with Crippen molar-refractivity contribution in [2.24, 2.45) is 0 Å². The summed E-state index contributed by atoms with van der Waals surface area (Å²) in [6, 6.07) is 61.9. The molecule has 8 aromatic carbocycles. The Morgan fingerprint density at radius 3 is 1.91 bits per heavy atom. The second-order valence-electron chi connectivity index (χ2n) is 12.2. The van der Waals surface area contributed by atoms with Crippen molar-refractivity contribution in [3.8, 4) is 27.9 Å². The Kier molecular flexibility index (Phi) is 5.31. The highest BCUT2D eigenvalue weighted by Crippen LogP contribution is 2.52. The third-order valence-corrected chi connectivity index (χ3v) is 9.65. The molecule has 0 fully saturated rings. The van der Waals surface area contributed by atoms with Gasteiger partial charge in [0.25, 0.3) is 0 Å². The molecule has 1 aliphatic rings. The number of hydrogen-bond acceptors (Lipinski definition) is 1. The molecular weight excluding hydrogens is 556 g/mol. The quantitative estimate of drug-likeness (QED) is 0.187. The number of hydrogen-bond donors (Lipinski definition) is 0. The first-order valence-corrected chi connectivity index (χ1v) is 15.9. The molecule has 2 heteroatoms. The minimum Gasteiger partial charge on any atom is -0.310 e. The Balaban J connectivity index is 1.22. The van der Waals surface area contributed by atoms with Crippen molar-refractivity contribution in [3.05, 3.63) is 170 Å². The van der Waals surface area contributed by atoms with Gasteiger partial charge in [0, 0.05) is 33.5 Å².